The second-order valence-corrected chi connectivity index (χ2v) is 5.44. The number of thiophene rings is 1. The lowest BCUT2D eigenvalue weighted by molar-refractivity contribution is 0.0899. The fourth-order valence-electron chi connectivity index (χ4n) is 1.71. The first-order valence-corrected chi connectivity index (χ1v) is 6.94. The maximum Gasteiger partial charge on any atom is 0.261 e. The molecule has 4 nitrogen and oxygen atoms in total. The highest BCUT2D eigenvalue weighted by molar-refractivity contribution is 7.14. The first-order valence-electron chi connectivity index (χ1n) is 6.12. The van der Waals surface area contributed by atoms with Crippen molar-refractivity contribution in [2.75, 3.05) is 20.3 Å². The van der Waals surface area contributed by atoms with E-state index in [1.165, 1.54) is 21.8 Å². The molecular weight excluding hydrogens is 250 g/mol. The van der Waals surface area contributed by atoms with Gasteiger partial charge in [-0.3, -0.25) is 4.79 Å². The molecule has 1 rings (SSSR count). The molecule has 0 fully saturated rings. The SMILES string of the molecule is CCc1cc(C(=O)NC(CO)CCOC)sc1C. The Morgan fingerprint density at radius 1 is 1.61 bits per heavy atom. The van der Waals surface area contributed by atoms with Gasteiger partial charge in [0.15, 0.2) is 0 Å². The maximum atomic E-state index is 12.0. The van der Waals surface area contributed by atoms with E-state index in [9.17, 15) is 9.90 Å². The third-order valence-corrected chi connectivity index (χ3v) is 3.94. The van der Waals surface area contributed by atoms with Gasteiger partial charge in [-0.2, -0.15) is 0 Å². The average molecular weight is 271 g/mol. The van der Waals surface area contributed by atoms with Crippen LogP contribution >= 0.6 is 11.3 Å². The van der Waals surface area contributed by atoms with E-state index < -0.39 is 0 Å². The highest BCUT2D eigenvalue weighted by Crippen LogP contribution is 2.22. The summed E-state index contributed by atoms with van der Waals surface area (Å²) in [7, 11) is 1.60. The summed E-state index contributed by atoms with van der Waals surface area (Å²) in [6, 6.07) is 1.69. The lowest BCUT2D eigenvalue weighted by Crippen LogP contribution is -2.37. The van der Waals surface area contributed by atoms with Crippen LogP contribution in [-0.4, -0.2) is 37.4 Å². The number of hydrogen-bond acceptors (Lipinski definition) is 4. The van der Waals surface area contributed by atoms with E-state index >= 15 is 0 Å². The minimum absolute atomic E-state index is 0.0694. The molecule has 5 heteroatoms. The summed E-state index contributed by atoms with van der Waals surface area (Å²) in [6.45, 7) is 4.55. The Hall–Kier alpha value is -0.910. The standard InChI is InChI=1S/C13H21NO3S/c1-4-10-7-12(18-9(10)2)13(16)14-11(8-15)5-6-17-3/h7,11,15H,4-6,8H2,1-3H3,(H,14,16). The number of ether oxygens (including phenoxy) is 1. The number of carbonyl (C=O) groups excluding carboxylic acids is 1. The maximum absolute atomic E-state index is 12.0. The molecule has 1 aromatic heterocycles. The third-order valence-electron chi connectivity index (χ3n) is 2.85. The number of aryl methyl sites for hydroxylation is 2. The lowest BCUT2D eigenvalue weighted by Gasteiger charge is -2.14. The van der Waals surface area contributed by atoms with Gasteiger partial charge in [0.2, 0.25) is 0 Å². The van der Waals surface area contributed by atoms with Crippen LogP contribution < -0.4 is 5.32 Å². The van der Waals surface area contributed by atoms with Crippen molar-refractivity contribution in [2.24, 2.45) is 0 Å². The number of aliphatic hydroxyl groups is 1. The van der Waals surface area contributed by atoms with Crippen LogP contribution in [0.1, 0.15) is 33.5 Å². The van der Waals surface area contributed by atoms with Crippen LogP contribution in [0, 0.1) is 6.92 Å². The van der Waals surface area contributed by atoms with Crippen molar-refractivity contribution in [1.29, 1.82) is 0 Å². The van der Waals surface area contributed by atoms with Gasteiger partial charge in [-0.1, -0.05) is 6.92 Å². The molecule has 1 unspecified atom stereocenters. The normalized spacial score (nSPS) is 12.4. The Labute approximate surface area is 112 Å². The van der Waals surface area contributed by atoms with Gasteiger partial charge in [0, 0.05) is 18.6 Å². The predicted molar refractivity (Wildman–Crippen MR) is 73.3 cm³/mol. The quantitative estimate of drug-likeness (QED) is 0.794. The van der Waals surface area contributed by atoms with E-state index in [1.807, 2.05) is 13.0 Å². The third kappa shape index (κ3) is 4.08. The van der Waals surface area contributed by atoms with Gasteiger partial charge >= 0.3 is 0 Å². The number of aliphatic hydroxyl groups excluding tert-OH is 1. The molecule has 2 N–H and O–H groups in total. The van der Waals surface area contributed by atoms with Crippen molar-refractivity contribution in [3.8, 4) is 0 Å². The summed E-state index contributed by atoms with van der Waals surface area (Å²) in [5.74, 6) is -0.113. The van der Waals surface area contributed by atoms with Gasteiger partial charge in [0.25, 0.3) is 5.91 Å². The van der Waals surface area contributed by atoms with Crippen LogP contribution in [0.4, 0.5) is 0 Å². The van der Waals surface area contributed by atoms with Crippen molar-refractivity contribution in [3.05, 3.63) is 21.4 Å². The highest BCUT2D eigenvalue weighted by Gasteiger charge is 2.15. The van der Waals surface area contributed by atoms with E-state index in [1.54, 1.807) is 7.11 Å². The van der Waals surface area contributed by atoms with Crippen molar-refractivity contribution < 1.29 is 14.6 Å². The zero-order valence-corrected chi connectivity index (χ0v) is 12.0. The first-order chi connectivity index (χ1) is 8.62. The molecule has 1 aromatic rings. The van der Waals surface area contributed by atoms with E-state index in [0.29, 0.717) is 17.9 Å². The molecular formula is C13H21NO3S. The highest BCUT2D eigenvalue weighted by atomic mass is 32.1. The molecule has 0 aliphatic rings. The monoisotopic (exact) mass is 271 g/mol. The Morgan fingerprint density at radius 3 is 2.83 bits per heavy atom. The predicted octanol–water partition coefficient (Wildman–Crippen LogP) is 1.75. The van der Waals surface area contributed by atoms with Crippen LogP contribution in [0.5, 0.6) is 0 Å². The van der Waals surface area contributed by atoms with Gasteiger partial charge in [-0.05, 0) is 31.4 Å². The smallest absolute Gasteiger partial charge is 0.261 e. The number of hydrogen-bond donors (Lipinski definition) is 2. The molecule has 0 saturated heterocycles. The molecule has 0 saturated carbocycles. The largest absolute Gasteiger partial charge is 0.394 e. The zero-order chi connectivity index (χ0) is 13.5. The fraction of sp³-hybridized carbons (Fsp3) is 0.615. The van der Waals surface area contributed by atoms with Gasteiger partial charge in [0.05, 0.1) is 17.5 Å². The van der Waals surface area contributed by atoms with Crippen LogP contribution in [0.3, 0.4) is 0 Å². The van der Waals surface area contributed by atoms with Crippen LogP contribution in [-0.2, 0) is 11.2 Å². The molecule has 0 aliphatic carbocycles. The second-order valence-electron chi connectivity index (χ2n) is 4.18. The van der Waals surface area contributed by atoms with Gasteiger partial charge in [-0.15, -0.1) is 11.3 Å². The molecule has 0 aromatic carbocycles. The second kappa shape index (κ2) is 7.51. The van der Waals surface area contributed by atoms with E-state index in [2.05, 4.69) is 12.2 Å². The molecule has 1 heterocycles. The molecule has 1 amide bonds. The minimum Gasteiger partial charge on any atom is -0.394 e. The van der Waals surface area contributed by atoms with E-state index in [-0.39, 0.29) is 18.6 Å². The lowest BCUT2D eigenvalue weighted by atomic mass is 10.2. The molecule has 0 aliphatic heterocycles. The summed E-state index contributed by atoms with van der Waals surface area (Å²) in [4.78, 5) is 13.9. The van der Waals surface area contributed by atoms with Gasteiger partial charge < -0.3 is 15.2 Å². The molecule has 0 radical (unpaired) electrons. The molecule has 0 spiro atoms. The minimum atomic E-state index is -0.245. The summed E-state index contributed by atoms with van der Waals surface area (Å²) in [5, 5.41) is 12.0. The average Bonchev–Trinajstić information content (AvgIpc) is 2.75. The van der Waals surface area contributed by atoms with Crippen molar-refractivity contribution in [3.63, 3.8) is 0 Å². The van der Waals surface area contributed by atoms with Crippen molar-refractivity contribution in [2.45, 2.75) is 32.7 Å². The summed E-state index contributed by atoms with van der Waals surface area (Å²) in [6.07, 6.45) is 1.55. The van der Waals surface area contributed by atoms with E-state index in [4.69, 9.17) is 4.74 Å². The number of nitrogens with one attached hydrogen (secondary N) is 1. The Bertz CT molecular complexity index is 390. The topological polar surface area (TPSA) is 58.6 Å². The van der Waals surface area contributed by atoms with Crippen LogP contribution in [0.15, 0.2) is 6.07 Å². The Morgan fingerprint density at radius 2 is 2.33 bits per heavy atom. The number of rotatable bonds is 7. The van der Waals surface area contributed by atoms with Crippen LogP contribution in [0.2, 0.25) is 0 Å². The molecule has 18 heavy (non-hydrogen) atoms. The molecule has 1 atom stereocenters. The summed E-state index contributed by atoms with van der Waals surface area (Å²) >= 11 is 1.50. The van der Waals surface area contributed by atoms with Gasteiger partial charge in [-0.25, -0.2) is 0 Å². The fourth-order valence-corrected chi connectivity index (χ4v) is 2.73. The number of carbonyl (C=O) groups is 1. The summed E-state index contributed by atoms with van der Waals surface area (Å²) in [5.41, 5.74) is 1.21. The Balaban J connectivity index is 2.62. The number of amides is 1. The zero-order valence-electron chi connectivity index (χ0n) is 11.2. The molecule has 102 valence electrons. The van der Waals surface area contributed by atoms with Crippen molar-refractivity contribution >= 4 is 17.2 Å². The summed E-state index contributed by atoms with van der Waals surface area (Å²) < 4.78 is 4.94. The Kier molecular flexibility index (Phi) is 6.32. The van der Waals surface area contributed by atoms with Crippen molar-refractivity contribution in [1.82, 2.24) is 5.32 Å². The van der Waals surface area contributed by atoms with Crippen LogP contribution in [0.25, 0.3) is 0 Å². The van der Waals surface area contributed by atoms with E-state index in [0.717, 1.165) is 6.42 Å². The molecule has 0 bridgehead atoms. The number of methoxy groups -OCH3 is 1. The van der Waals surface area contributed by atoms with Gasteiger partial charge in [0.1, 0.15) is 0 Å². The first kappa shape index (κ1) is 15.1.